The average Bonchev–Trinajstić information content (AvgIpc) is 2.22. The Labute approximate surface area is 94.3 Å². The highest BCUT2D eigenvalue weighted by molar-refractivity contribution is 5.86. The Kier molecular flexibility index (Phi) is 2.43. The minimum atomic E-state index is -0.571. The zero-order valence-electron chi connectivity index (χ0n) is 9.71. The number of nitrogens with zero attached hydrogens (tertiary/aromatic N) is 1. The van der Waals surface area contributed by atoms with Gasteiger partial charge in [0.05, 0.1) is 16.9 Å². The van der Waals surface area contributed by atoms with Gasteiger partial charge in [0.25, 0.3) is 0 Å². The van der Waals surface area contributed by atoms with Gasteiger partial charge in [0, 0.05) is 10.8 Å². The summed E-state index contributed by atoms with van der Waals surface area (Å²) in [6.45, 7) is 5.41. The van der Waals surface area contributed by atoms with Gasteiger partial charge < -0.3 is 5.73 Å². The first-order valence-corrected chi connectivity index (χ1v) is 5.25. The Hall–Kier alpha value is -1.48. The van der Waals surface area contributed by atoms with Crippen LogP contribution in [0.1, 0.15) is 25.2 Å². The molecule has 0 spiro atoms. The third-order valence-corrected chi connectivity index (χ3v) is 2.63. The van der Waals surface area contributed by atoms with Gasteiger partial charge in [-0.2, -0.15) is 0 Å². The van der Waals surface area contributed by atoms with E-state index in [1.807, 2.05) is 32.0 Å². The summed E-state index contributed by atoms with van der Waals surface area (Å²) >= 11 is 0. The van der Waals surface area contributed by atoms with Crippen molar-refractivity contribution in [1.82, 2.24) is 4.98 Å². The second kappa shape index (κ2) is 3.52. The van der Waals surface area contributed by atoms with E-state index in [2.05, 4.69) is 4.98 Å². The third kappa shape index (κ3) is 1.67. The number of hydrogen-bond donors (Lipinski definition) is 1. The fourth-order valence-corrected chi connectivity index (χ4v) is 1.84. The largest absolute Gasteiger partial charge is 0.321 e. The minimum absolute atomic E-state index is 0.261. The molecule has 3 heteroatoms. The first-order chi connectivity index (χ1) is 7.41. The molecule has 0 fully saturated rings. The molecule has 2 rings (SSSR count). The summed E-state index contributed by atoms with van der Waals surface area (Å²) in [7, 11) is 0. The molecular weight excluding hydrogens is 203 g/mol. The second-order valence-corrected chi connectivity index (χ2v) is 4.63. The number of rotatable bonds is 1. The predicted molar refractivity (Wildman–Crippen MR) is 63.7 cm³/mol. The number of benzene rings is 1. The van der Waals surface area contributed by atoms with Crippen LogP contribution in [0.3, 0.4) is 0 Å². The Morgan fingerprint density at radius 3 is 2.31 bits per heavy atom. The smallest absolute Gasteiger partial charge is 0.152 e. The van der Waals surface area contributed by atoms with Crippen LogP contribution in [-0.4, -0.2) is 4.98 Å². The fraction of sp³-hybridized carbons (Fsp3) is 0.308. The Morgan fingerprint density at radius 1 is 1.19 bits per heavy atom. The quantitative estimate of drug-likeness (QED) is 0.799. The van der Waals surface area contributed by atoms with Crippen LogP contribution >= 0.6 is 0 Å². The highest BCUT2D eigenvalue weighted by Crippen LogP contribution is 2.27. The monoisotopic (exact) mass is 218 g/mol. The molecule has 0 bridgehead atoms. The van der Waals surface area contributed by atoms with Gasteiger partial charge in [0.2, 0.25) is 0 Å². The van der Waals surface area contributed by atoms with Crippen LogP contribution in [0.2, 0.25) is 0 Å². The van der Waals surface area contributed by atoms with E-state index in [4.69, 9.17) is 5.73 Å². The van der Waals surface area contributed by atoms with Crippen molar-refractivity contribution in [3.63, 3.8) is 0 Å². The minimum Gasteiger partial charge on any atom is -0.321 e. The molecule has 2 N–H and O–H groups in total. The van der Waals surface area contributed by atoms with Crippen LogP contribution in [0.4, 0.5) is 4.39 Å². The molecule has 0 aliphatic rings. The third-order valence-electron chi connectivity index (χ3n) is 2.63. The van der Waals surface area contributed by atoms with E-state index >= 15 is 0 Å². The van der Waals surface area contributed by atoms with Crippen molar-refractivity contribution in [2.24, 2.45) is 5.73 Å². The molecule has 0 aliphatic heterocycles. The molecule has 1 aromatic carbocycles. The lowest BCUT2D eigenvalue weighted by atomic mass is 9.95. The Balaban J connectivity index is 2.91. The molecule has 0 radical (unpaired) electrons. The standard InChI is InChI=1S/C13H15FN2/c1-8-11(14)9-6-4-5-7-10(9)12(16-8)13(2,3)15/h4-7H,15H2,1-3H3. The van der Waals surface area contributed by atoms with Crippen molar-refractivity contribution in [3.05, 3.63) is 41.5 Å². The van der Waals surface area contributed by atoms with E-state index in [1.165, 1.54) is 0 Å². The maximum absolute atomic E-state index is 13.9. The Morgan fingerprint density at radius 2 is 1.75 bits per heavy atom. The highest BCUT2D eigenvalue weighted by atomic mass is 19.1. The van der Waals surface area contributed by atoms with Crippen molar-refractivity contribution >= 4 is 10.8 Å². The number of pyridine rings is 1. The van der Waals surface area contributed by atoms with Gasteiger partial charge in [0.1, 0.15) is 0 Å². The lowest BCUT2D eigenvalue weighted by Gasteiger charge is -2.21. The molecule has 0 saturated carbocycles. The van der Waals surface area contributed by atoms with Gasteiger partial charge >= 0.3 is 0 Å². The molecule has 2 aromatic rings. The molecular formula is C13H15FN2. The van der Waals surface area contributed by atoms with E-state index in [0.29, 0.717) is 11.1 Å². The summed E-state index contributed by atoms with van der Waals surface area (Å²) in [5.74, 6) is -0.261. The number of aromatic nitrogens is 1. The van der Waals surface area contributed by atoms with Crippen LogP contribution in [0.25, 0.3) is 10.8 Å². The number of nitrogens with two attached hydrogens (primary N) is 1. The van der Waals surface area contributed by atoms with Crippen molar-refractivity contribution in [3.8, 4) is 0 Å². The zero-order chi connectivity index (χ0) is 11.9. The molecule has 1 aromatic heterocycles. The average molecular weight is 218 g/mol. The number of hydrogen-bond acceptors (Lipinski definition) is 2. The van der Waals surface area contributed by atoms with Gasteiger partial charge in [-0.25, -0.2) is 4.39 Å². The Bertz CT molecular complexity index is 541. The summed E-state index contributed by atoms with van der Waals surface area (Å²) in [5.41, 5.74) is 6.62. The molecule has 1 heterocycles. The zero-order valence-corrected chi connectivity index (χ0v) is 9.71. The lowest BCUT2D eigenvalue weighted by Crippen LogP contribution is -2.30. The fourth-order valence-electron chi connectivity index (χ4n) is 1.84. The molecule has 0 amide bonds. The first kappa shape index (κ1) is 11.0. The van der Waals surface area contributed by atoms with Crippen LogP contribution in [0, 0.1) is 12.7 Å². The van der Waals surface area contributed by atoms with Gasteiger partial charge in [-0.1, -0.05) is 24.3 Å². The number of halogens is 1. The van der Waals surface area contributed by atoms with E-state index in [-0.39, 0.29) is 5.82 Å². The van der Waals surface area contributed by atoms with Crippen molar-refractivity contribution in [2.45, 2.75) is 26.3 Å². The molecule has 0 unspecified atom stereocenters. The summed E-state index contributed by atoms with van der Waals surface area (Å²) in [4.78, 5) is 4.27. The summed E-state index contributed by atoms with van der Waals surface area (Å²) in [5, 5.41) is 1.38. The summed E-state index contributed by atoms with van der Waals surface area (Å²) < 4.78 is 13.9. The molecule has 0 atom stereocenters. The lowest BCUT2D eigenvalue weighted by molar-refractivity contribution is 0.533. The van der Waals surface area contributed by atoms with Gasteiger partial charge in [-0.15, -0.1) is 0 Å². The van der Waals surface area contributed by atoms with Crippen molar-refractivity contribution in [2.75, 3.05) is 0 Å². The molecule has 2 nitrogen and oxygen atoms in total. The van der Waals surface area contributed by atoms with Gasteiger partial charge in [-0.05, 0) is 20.8 Å². The molecule has 0 saturated heterocycles. The van der Waals surface area contributed by atoms with Crippen LogP contribution in [0.15, 0.2) is 24.3 Å². The predicted octanol–water partition coefficient (Wildman–Crippen LogP) is 2.88. The highest BCUT2D eigenvalue weighted by Gasteiger charge is 2.21. The van der Waals surface area contributed by atoms with Crippen LogP contribution < -0.4 is 5.73 Å². The van der Waals surface area contributed by atoms with E-state index in [0.717, 1.165) is 11.1 Å². The normalized spacial score (nSPS) is 12.1. The van der Waals surface area contributed by atoms with Crippen LogP contribution in [0.5, 0.6) is 0 Å². The van der Waals surface area contributed by atoms with Crippen molar-refractivity contribution in [1.29, 1.82) is 0 Å². The molecule has 84 valence electrons. The first-order valence-electron chi connectivity index (χ1n) is 5.25. The van der Waals surface area contributed by atoms with Gasteiger partial charge in [0.15, 0.2) is 5.82 Å². The van der Waals surface area contributed by atoms with Gasteiger partial charge in [-0.3, -0.25) is 4.98 Å². The summed E-state index contributed by atoms with van der Waals surface area (Å²) in [6.07, 6.45) is 0. The van der Waals surface area contributed by atoms with E-state index in [1.54, 1.807) is 13.0 Å². The number of aryl methyl sites for hydroxylation is 1. The number of fused-ring (bicyclic) bond motifs is 1. The van der Waals surface area contributed by atoms with E-state index in [9.17, 15) is 4.39 Å². The van der Waals surface area contributed by atoms with Crippen molar-refractivity contribution < 1.29 is 4.39 Å². The van der Waals surface area contributed by atoms with E-state index < -0.39 is 5.54 Å². The SMILES string of the molecule is Cc1nc(C(C)(C)N)c2ccccc2c1F. The maximum Gasteiger partial charge on any atom is 0.152 e. The molecule has 16 heavy (non-hydrogen) atoms. The maximum atomic E-state index is 13.9. The second-order valence-electron chi connectivity index (χ2n) is 4.63. The topological polar surface area (TPSA) is 38.9 Å². The summed E-state index contributed by atoms with van der Waals surface area (Å²) in [6, 6.07) is 7.30. The molecule has 0 aliphatic carbocycles. The van der Waals surface area contributed by atoms with Crippen LogP contribution in [-0.2, 0) is 5.54 Å².